The van der Waals surface area contributed by atoms with Gasteiger partial charge >= 0.3 is 0 Å². The van der Waals surface area contributed by atoms with Crippen molar-refractivity contribution in [2.24, 2.45) is 0 Å². The van der Waals surface area contributed by atoms with E-state index in [1.165, 1.54) is 77.9 Å². The summed E-state index contributed by atoms with van der Waals surface area (Å²) in [6.07, 6.45) is 0. The van der Waals surface area contributed by atoms with Gasteiger partial charge in [-0.05, 0) is 131 Å². The van der Waals surface area contributed by atoms with Gasteiger partial charge in [0.25, 0.3) is 0 Å². The Hall–Kier alpha value is -10.3. The summed E-state index contributed by atoms with van der Waals surface area (Å²) >= 11 is 0. The highest BCUT2D eigenvalue weighted by Gasteiger charge is 2.48. The molecule has 0 spiro atoms. The highest BCUT2D eigenvalue weighted by Crippen LogP contribution is 2.60. The van der Waals surface area contributed by atoms with Crippen LogP contribution in [-0.2, 0) is 10.8 Å². The number of anilines is 3. The topological polar surface area (TPSA) is 16.4 Å². The van der Waals surface area contributed by atoms with E-state index < -0.39 is 10.8 Å². The van der Waals surface area contributed by atoms with E-state index >= 15 is 0 Å². The minimum Gasteiger partial charge on any atom is -0.455 e. The summed E-state index contributed by atoms with van der Waals surface area (Å²) in [6.45, 7) is 0. The Kier molecular flexibility index (Phi) is 10.4. The highest BCUT2D eigenvalue weighted by atomic mass is 16.3. The zero-order chi connectivity index (χ0) is 52.8. The maximum atomic E-state index is 7.11. The monoisotopic (exact) mass is 1020 g/mol. The molecule has 2 aliphatic rings. The highest BCUT2D eigenvalue weighted by molar-refractivity contribution is 6.22. The zero-order valence-electron chi connectivity index (χ0n) is 43.8. The number of nitrogens with zero attached hydrogens (tertiary/aromatic N) is 1. The van der Waals surface area contributed by atoms with Crippen LogP contribution >= 0.6 is 0 Å². The lowest BCUT2D eigenvalue weighted by Crippen LogP contribution is -2.29. The third-order valence-corrected chi connectivity index (χ3v) is 17.4. The van der Waals surface area contributed by atoms with Crippen LogP contribution in [0.3, 0.4) is 0 Å². The number of fused-ring (bicyclic) bond motifs is 11. The first kappa shape index (κ1) is 45.9. The van der Waals surface area contributed by atoms with E-state index in [4.69, 9.17) is 4.42 Å². The minimum absolute atomic E-state index is 0.610. The lowest BCUT2D eigenvalue weighted by Gasteiger charge is -2.36. The molecule has 0 fully saturated rings. The number of benzene rings is 13. The molecule has 1 heterocycles. The molecule has 0 aliphatic heterocycles. The van der Waals surface area contributed by atoms with Gasteiger partial charge in [-0.15, -0.1) is 0 Å². The largest absolute Gasteiger partial charge is 0.455 e. The second-order valence-corrected chi connectivity index (χ2v) is 21.4. The summed E-state index contributed by atoms with van der Waals surface area (Å²) < 4.78 is 7.11. The van der Waals surface area contributed by atoms with E-state index in [-0.39, 0.29) is 0 Å². The molecule has 14 aromatic rings. The molecule has 80 heavy (non-hydrogen) atoms. The summed E-state index contributed by atoms with van der Waals surface area (Å²) in [5, 5.41) is 4.30. The fourth-order valence-electron chi connectivity index (χ4n) is 14.1. The molecule has 0 N–H and O–H groups in total. The predicted molar refractivity (Wildman–Crippen MR) is 331 cm³/mol. The zero-order valence-corrected chi connectivity index (χ0v) is 43.8. The van der Waals surface area contributed by atoms with Crippen molar-refractivity contribution in [3.05, 3.63) is 354 Å². The first-order chi connectivity index (χ1) is 39.7. The molecule has 13 aromatic carbocycles. The lowest BCUT2D eigenvalue weighted by atomic mass is 9.67. The average Bonchev–Trinajstić information content (AvgIpc) is 4.28. The van der Waals surface area contributed by atoms with Gasteiger partial charge in [0, 0.05) is 32.9 Å². The van der Waals surface area contributed by atoms with Gasteiger partial charge in [0.15, 0.2) is 0 Å². The molecule has 2 nitrogen and oxygen atoms in total. The van der Waals surface area contributed by atoms with Gasteiger partial charge in [-0.1, -0.05) is 267 Å². The first-order valence-corrected chi connectivity index (χ1v) is 27.7. The van der Waals surface area contributed by atoms with Crippen molar-refractivity contribution in [2.75, 3.05) is 4.90 Å². The normalized spacial score (nSPS) is 13.4. The minimum atomic E-state index is -0.610. The molecule has 16 rings (SSSR count). The van der Waals surface area contributed by atoms with E-state index in [1.54, 1.807) is 0 Å². The quantitative estimate of drug-likeness (QED) is 0.143. The Labute approximate surface area is 465 Å². The van der Waals surface area contributed by atoms with Gasteiger partial charge in [-0.2, -0.15) is 0 Å². The Balaban J connectivity index is 1.01. The fourth-order valence-corrected chi connectivity index (χ4v) is 14.1. The number of rotatable bonds is 9. The first-order valence-electron chi connectivity index (χ1n) is 27.7. The SMILES string of the molecule is c1ccc(-c2cccc(-c3cccc4oc5c6ccccc6c(N(c6ccc7c(c6)C(c6ccccc6)(c6ccccc6)c6ccccc6-7)c6ccc7c(c6)C(c6ccccc6)(c6ccccc6)c6ccccc6-7)cc5c34)c2)cc1. The van der Waals surface area contributed by atoms with E-state index in [9.17, 15) is 0 Å². The van der Waals surface area contributed by atoms with Crippen LogP contribution in [0.2, 0.25) is 0 Å². The fraction of sp³-hybridized carbons (Fsp3) is 0.0256. The molecular weight excluding hydrogens is 967 g/mol. The number of furan rings is 1. The van der Waals surface area contributed by atoms with E-state index in [0.717, 1.165) is 60.9 Å². The third-order valence-electron chi connectivity index (χ3n) is 17.4. The van der Waals surface area contributed by atoms with Gasteiger partial charge in [-0.25, -0.2) is 0 Å². The van der Waals surface area contributed by atoms with Crippen LogP contribution in [0, 0.1) is 0 Å². The number of hydrogen-bond donors (Lipinski definition) is 0. The van der Waals surface area contributed by atoms with Gasteiger partial charge < -0.3 is 9.32 Å². The summed E-state index contributed by atoms with van der Waals surface area (Å²) in [5.41, 5.74) is 23.2. The van der Waals surface area contributed by atoms with Crippen molar-refractivity contribution in [3.8, 4) is 44.5 Å². The van der Waals surface area contributed by atoms with Crippen molar-refractivity contribution in [2.45, 2.75) is 10.8 Å². The Bertz CT molecular complexity index is 4430. The second-order valence-electron chi connectivity index (χ2n) is 21.4. The van der Waals surface area contributed by atoms with Gasteiger partial charge in [0.2, 0.25) is 0 Å². The van der Waals surface area contributed by atoms with Crippen LogP contribution in [0.25, 0.3) is 77.2 Å². The molecule has 0 amide bonds. The maximum absolute atomic E-state index is 7.11. The summed E-state index contributed by atoms with van der Waals surface area (Å²) in [6, 6.07) is 114. The van der Waals surface area contributed by atoms with Crippen LogP contribution in [0.15, 0.2) is 314 Å². The summed E-state index contributed by atoms with van der Waals surface area (Å²) in [7, 11) is 0. The van der Waals surface area contributed by atoms with E-state index in [0.29, 0.717) is 0 Å². The van der Waals surface area contributed by atoms with E-state index in [2.05, 4.69) is 314 Å². The molecule has 2 aliphatic carbocycles. The predicted octanol–water partition coefficient (Wildman–Crippen LogP) is 20.3. The summed E-state index contributed by atoms with van der Waals surface area (Å²) in [4.78, 5) is 2.55. The Morgan fingerprint density at radius 3 is 1.21 bits per heavy atom. The van der Waals surface area contributed by atoms with Gasteiger partial charge in [-0.3, -0.25) is 0 Å². The van der Waals surface area contributed by atoms with Crippen LogP contribution in [0.5, 0.6) is 0 Å². The van der Waals surface area contributed by atoms with Crippen LogP contribution in [0.4, 0.5) is 17.1 Å². The number of hydrogen-bond acceptors (Lipinski definition) is 2. The molecule has 0 saturated heterocycles. The molecule has 0 radical (unpaired) electrons. The average molecular weight is 1020 g/mol. The molecule has 0 unspecified atom stereocenters. The third kappa shape index (κ3) is 6.66. The smallest absolute Gasteiger partial charge is 0.143 e. The van der Waals surface area contributed by atoms with Gasteiger partial charge in [0.05, 0.1) is 16.5 Å². The maximum Gasteiger partial charge on any atom is 0.143 e. The second kappa shape index (κ2) is 18.2. The molecule has 0 atom stereocenters. The molecular formula is C78H51NO. The van der Waals surface area contributed by atoms with Crippen LogP contribution < -0.4 is 4.90 Å². The van der Waals surface area contributed by atoms with Crippen molar-refractivity contribution in [1.29, 1.82) is 0 Å². The molecule has 0 bridgehead atoms. The standard InChI is InChI=1S/C78H51NO/c1-6-24-52(25-7-1)53-26-22-27-54(48-53)61-40-23-43-74-75(61)68-51-73(66-38-16-17-39-67(66)76(68)80-74)79(59-44-46-64-62-36-18-20-41-69(62)77(71(64)49-59,55-28-8-2-9-29-55)56-30-10-3-11-31-56)60-45-47-65-63-37-19-21-42-70(63)78(72(65)50-60,57-32-12-4-13-33-57)58-34-14-5-15-35-58/h1-51H. The Morgan fingerprint density at radius 2 is 0.675 bits per heavy atom. The lowest BCUT2D eigenvalue weighted by molar-refractivity contribution is 0.673. The Morgan fingerprint density at radius 1 is 0.263 bits per heavy atom. The van der Waals surface area contributed by atoms with Gasteiger partial charge in [0.1, 0.15) is 11.2 Å². The van der Waals surface area contributed by atoms with Crippen LogP contribution in [0.1, 0.15) is 44.5 Å². The van der Waals surface area contributed by atoms with Crippen LogP contribution in [-0.4, -0.2) is 0 Å². The van der Waals surface area contributed by atoms with Crippen molar-refractivity contribution in [3.63, 3.8) is 0 Å². The van der Waals surface area contributed by atoms with Crippen molar-refractivity contribution in [1.82, 2.24) is 0 Å². The van der Waals surface area contributed by atoms with Crippen molar-refractivity contribution >= 4 is 49.8 Å². The van der Waals surface area contributed by atoms with E-state index in [1.807, 2.05) is 0 Å². The molecule has 1 aromatic heterocycles. The molecule has 374 valence electrons. The summed E-state index contributed by atoms with van der Waals surface area (Å²) in [5.74, 6) is 0. The van der Waals surface area contributed by atoms with Crippen molar-refractivity contribution < 1.29 is 4.42 Å². The molecule has 2 heteroatoms. The molecule has 0 saturated carbocycles.